The van der Waals surface area contributed by atoms with Gasteiger partial charge >= 0.3 is 0 Å². The van der Waals surface area contributed by atoms with Crippen molar-refractivity contribution in [2.45, 2.75) is 19.3 Å². The van der Waals surface area contributed by atoms with Crippen molar-refractivity contribution < 1.29 is 0 Å². The molecule has 4 heteroatoms. The van der Waals surface area contributed by atoms with Gasteiger partial charge in [0.25, 0.3) is 0 Å². The normalized spacial score (nSPS) is 10.6. The molecule has 14 heavy (non-hydrogen) atoms. The topological polar surface area (TPSA) is 40.7 Å². The van der Waals surface area contributed by atoms with Crippen LogP contribution in [0.15, 0.2) is 12.4 Å². The van der Waals surface area contributed by atoms with Crippen LogP contribution in [0.5, 0.6) is 0 Å². The molecule has 0 aliphatic heterocycles. The predicted octanol–water partition coefficient (Wildman–Crippen LogP) is 1.68. The van der Waals surface area contributed by atoms with Crippen molar-refractivity contribution in [2.24, 2.45) is 0 Å². The second kappa shape index (κ2) is 7.88. The zero-order valence-corrected chi connectivity index (χ0v) is 9.57. The molecule has 1 heterocycles. The van der Waals surface area contributed by atoms with Gasteiger partial charge in [-0.3, -0.25) is 0 Å². The number of rotatable bonds is 8. The molecule has 0 aliphatic carbocycles. The molecule has 0 radical (unpaired) electrons. The summed E-state index contributed by atoms with van der Waals surface area (Å²) in [7, 11) is 0. The smallest absolute Gasteiger partial charge is 0.106 e. The largest absolute Gasteiger partial charge is 0.349 e. The molecular weight excluding hydrogens is 194 g/mol. The molecule has 0 unspecified atom stereocenters. The number of hydrogen-bond donors (Lipinski definition) is 2. The Bertz CT molecular complexity index is 211. The minimum Gasteiger partial charge on any atom is -0.349 e. The zero-order valence-electron chi connectivity index (χ0n) is 8.75. The van der Waals surface area contributed by atoms with Gasteiger partial charge in [0.15, 0.2) is 0 Å². The third-order valence-corrected chi connectivity index (χ3v) is 2.72. The van der Waals surface area contributed by atoms with E-state index in [1.807, 2.05) is 18.0 Å². The lowest BCUT2D eigenvalue weighted by molar-refractivity contribution is 0.635. The molecule has 0 aromatic carbocycles. The highest BCUT2D eigenvalue weighted by Crippen LogP contribution is 1.95. The maximum Gasteiger partial charge on any atom is 0.106 e. The fourth-order valence-electron chi connectivity index (χ4n) is 1.28. The van der Waals surface area contributed by atoms with Crippen LogP contribution < -0.4 is 5.32 Å². The molecule has 0 amide bonds. The summed E-state index contributed by atoms with van der Waals surface area (Å²) in [6.45, 7) is 2.23. The lowest BCUT2D eigenvalue weighted by Crippen LogP contribution is -2.17. The van der Waals surface area contributed by atoms with Gasteiger partial charge in [-0.2, -0.15) is 11.8 Å². The fourth-order valence-corrected chi connectivity index (χ4v) is 1.72. The van der Waals surface area contributed by atoms with Crippen molar-refractivity contribution in [3.05, 3.63) is 18.2 Å². The van der Waals surface area contributed by atoms with Gasteiger partial charge in [-0.15, -0.1) is 0 Å². The zero-order chi connectivity index (χ0) is 10.1. The number of H-pyrrole nitrogens is 1. The maximum absolute atomic E-state index is 4.18. The molecule has 0 fully saturated rings. The minimum absolute atomic E-state index is 1.04. The first kappa shape index (κ1) is 11.6. The fraction of sp³-hybridized carbons (Fsp3) is 0.700. The van der Waals surface area contributed by atoms with Crippen molar-refractivity contribution in [3.63, 3.8) is 0 Å². The van der Waals surface area contributed by atoms with Gasteiger partial charge in [-0.25, -0.2) is 4.98 Å². The Morgan fingerprint density at radius 2 is 2.29 bits per heavy atom. The van der Waals surface area contributed by atoms with Gasteiger partial charge in [0.1, 0.15) is 5.82 Å². The SMILES string of the molecule is CSCCCNCCCc1ncc[nH]1. The van der Waals surface area contributed by atoms with Crippen LogP contribution in [0.25, 0.3) is 0 Å². The number of nitrogens with zero attached hydrogens (tertiary/aromatic N) is 1. The number of hydrogen-bond acceptors (Lipinski definition) is 3. The van der Waals surface area contributed by atoms with E-state index in [9.17, 15) is 0 Å². The lowest BCUT2D eigenvalue weighted by atomic mass is 10.3. The Labute approximate surface area is 90.1 Å². The van der Waals surface area contributed by atoms with E-state index >= 15 is 0 Å². The molecule has 80 valence electrons. The van der Waals surface area contributed by atoms with Crippen LogP contribution in [-0.2, 0) is 6.42 Å². The molecule has 1 aromatic rings. The van der Waals surface area contributed by atoms with E-state index in [2.05, 4.69) is 21.5 Å². The van der Waals surface area contributed by atoms with Gasteiger partial charge in [-0.1, -0.05) is 0 Å². The van der Waals surface area contributed by atoms with Gasteiger partial charge in [0.2, 0.25) is 0 Å². The van der Waals surface area contributed by atoms with Crippen molar-refractivity contribution in [2.75, 3.05) is 25.1 Å². The Hall–Kier alpha value is -0.480. The molecule has 0 saturated heterocycles. The highest BCUT2D eigenvalue weighted by atomic mass is 32.2. The third-order valence-electron chi connectivity index (χ3n) is 2.02. The van der Waals surface area contributed by atoms with Crippen LogP contribution in [0.1, 0.15) is 18.7 Å². The van der Waals surface area contributed by atoms with Crippen LogP contribution in [0, 0.1) is 0 Å². The van der Waals surface area contributed by atoms with Crippen molar-refractivity contribution in [1.29, 1.82) is 0 Å². The van der Waals surface area contributed by atoms with E-state index in [0.29, 0.717) is 0 Å². The number of thioether (sulfide) groups is 1. The average molecular weight is 213 g/mol. The summed E-state index contributed by atoms with van der Waals surface area (Å²) in [5.74, 6) is 2.35. The van der Waals surface area contributed by atoms with Crippen LogP contribution in [-0.4, -0.2) is 35.1 Å². The van der Waals surface area contributed by atoms with E-state index in [-0.39, 0.29) is 0 Å². The summed E-state index contributed by atoms with van der Waals surface area (Å²) >= 11 is 1.91. The minimum atomic E-state index is 1.04. The number of imidazole rings is 1. The molecule has 0 bridgehead atoms. The molecular formula is C10H19N3S. The Morgan fingerprint density at radius 3 is 3.00 bits per heavy atom. The standard InChI is InChI=1S/C10H19N3S/c1-14-9-3-6-11-5-2-4-10-12-7-8-13-10/h7-8,11H,2-6,9H2,1H3,(H,12,13). The van der Waals surface area contributed by atoms with E-state index in [1.165, 1.54) is 12.2 Å². The van der Waals surface area contributed by atoms with Gasteiger partial charge in [-0.05, 0) is 37.9 Å². The summed E-state index contributed by atoms with van der Waals surface area (Å²) in [6.07, 6.45) is 9.30. The van der Waals surface area contributed by atoms with Gasteiger partial charge < -0.3 is 10.3 Å². The lowest BCUT2D eigenvalue weighted by Gasteiger charge is -2.02. The average Bonchev–Trinajstić information content (AvgIpc) is 2.69. The molecule has 0 aliphatic rings. The van der Waals surface area contributed by atoms with Crippen LogP contribution in [0.3, 0.4) is 0 Å². The summed E-state index contributed by atoms with van der Waals surface area (Å²) in [5, 5.41) is 3.43. The van der Waals surface area contributed by atoms with E-state index in [4.69, 9.17) is 0 Å². The summed E-state index contributed by atoms with van der Waals surface area (Å²) in [6, 6.07) is 0. The Kier molecular flexibility index (Phi) is 6.53. The second-order valence-electron chi connectivity index (χ2n) is 3.24. The van der Waals surface area contributed by atoms with Crippen molar-refractivity contribution >= 4 is 11.8 Å². The summed E-state index contributed by atoms with van der Waals surface area (Å²) in [4.78, 5) is 7.28. The first-order valence-electron chi connectivity index (χ1n) is 5.11. The Morgan fingerprint density at radius 1 is 1.43 bits per heavy atom. The quantitative estimate of drug-likeness (QED) is 0.646. The van der Waals surface area contributed by atoms with E-state index in [0.717, 1.165) is 31.8 Å². The third kappa shape index (κ3) is 5.29. The highest BCUT2D eigenvalue weighted by Gasteiger charge is 1.93. The number of nitrogens with one attached hydrogen (secondary N) is 2. The monoisotopic (exact) mass is 213 g/mol. The Balaban J connectivity index is 1.85. The molecule has 2 N–H and O–H groups in total. The van der Waals surface area contributed by atoms with Crippen LogP contribution >= 0.6 is 11.8 Å². The molecule has 3 nitrogen and oxygen atoms in total. The summed E-state index contributed by atoms with van der Waals surface area (Å²) in [5.41, 5.74) is 0. The summed E-state index contributed by atoms with van der Waals surface area (Å²) < 4.78 is 0. The first-order valence-corrected chi connectivity index (χ1v) is 6.51. The van der Waals surface area contributed by atoms with Crippen LogP contribution in [0.2, 0.25) is 0 Å². The number of aromatic nitrogens is 2. The van der Waals surface area contributed by atoms with E-state index < -0.39 is 0 Å². The molecule has 0 atom stereocenters. The van der Waals surface area contributed by atoms with Crippen molar-refractivity contribution in [1.82, 2.24) is 15.3 Å². The number of aryl methyl sites for hydroxylation is 1. The molecule has 1 rings (SSSR count). The molecule has 0 saturated carbocycles. The predicted molar refractivity (Wildman–Crippen MR) is 62.8 cm³/mol. The first-order chi connectivity index (χ1) is 6.93. The van der Waals surface area contributed by atoms with E-state index in [1.54, 1.807) is 6.20 Å². The van der Waals surface area contributed by atoms with Crippen molar-refractivity contribution in [3.8, 4) is 0 Å². The van der Waals surface area contributed by atoms with Gasteiger partial charge in [0.05, 0.1) is 0 Å². The number of aromatic amines is 1. The highest BCUT2D eigenvalue weighted by molar-refractivity contribution is 7.98. The van der Waals surface area contributed by atoms with Crippen LogP contribution in [0.4, 0.5) is 0 Å². The molecule has 0 spiro atoms. The molecule has 1 aromatic heterocycles. The maximum atomic E-state index is 4.18. The van der Waals surface area contributed by atoms with Gasteiger partial charge in [0, 0.05) is 18.8 Å². The second-order valence-corrected chi connectivity index (χ2v) is 4.22.